The molecule has 3 aromatic rings. The van der Waals surface area contributed by atoms with E-state index in [-0.39, 0.29) is 6.04 Å². The van der Waals surface area contributed by atoms with Crippen molar-refractivity contribution in [3.05, 3.63) is 71.8 Å². The predicted octanol–water partition coefficient (Wildman–Crippen LogP) is 3.76. The average Bonchev–Trinajstić information content (AvgIpc) is 3.22. The lowest BCUT2D eigenvalue weighted by Gasteiger charge is -2.24. The van der Waals surface area contributed by atoms with Gasteiger partial charge in [0.05, 0.1) is 29.0 Å². The molecule has 0 bridgehead atoms. The summed E-state index contributed by atoms with van der Waals surface area (Å²) in [6.45, 7) is 4.37. The number of rotatable bonds is 5. The van der Waals surface area contributed by atoms with Crippen LogP contribution in [0, 0.1) is 13.8 Å². The molecule has 0 amide bonds. The Labute approximate surface area is 170 Å². The van der Waals surface area contributed by atoms with Crippen molar-refractivity contribution < 1.29 is 8.42 Å². The molecule has 2 aromatic heterocycles. The van der Waals surface area contributed by atoms with Crippen molar-refractivity contribution in [1.29, 1.82) is 0 Å². The van der Waals surface area contributed by atoms with E-state index in [4.69, 9.17) is 0 Å². The summed E-state index contributed by atoms with van der Waals surface area (Å²) < 4.78 is 28.2. The van der Waals surface area contributed by atoms with Crippen LogP contribution in [0.4, 0.5) is 11.6 Å². The van der Waals surface area contributed by atoms with Gasteiger partial charge in [-0.2, -0.15) is 4.31 Å². The standard InChI is InChI=1S/C21H23N5O2S/c1-15-8-9-17(12-16(15)2)29(27,28)26-11-5-6-19(26)18-13-22-14-21(24-18)25-20-7-3-4-10-23-20/h3-4,7-10,12-14,19H,5-6,11H2,1-2H3,(H,23,24,25). The first kappa shape index (κ1) is 19.5. The number of benzene rings is 1. The number of aromatic nitrogens is 3. The lowest BCUT2D eigenvalue weighted by atomic mass is 10.1. The zero-order chi connectivity index (χ0) is 20.4. The molecule has 1 aromatic carbocycles. The number of pyridine rings is 1. The summed E-state index contributed by atoms with van der Waals surface area (Å²) >= 11 is 0. The van der Waals surface area contributed by atoms with Crippen LogP contribution in [-0.4, -0.2) is 34.2 Å². The van der Waals surface area contributed by atoms with Crippen LogP contribution in [0.2, 0.25) is 0 Å². The highest BCUT2D eigenvalue weighted by Gasteiger charge is 2.37. The van der Waals surface area contributed by atoms with E-state index in [1.807, 2.05) is 38.1 Å². The van der Waals surface area contributed by atoms with E-state index in [0.717, 1.165) is 17.5 Å². The second-order valence-electron chi connectivity index (χ2n) is 7.19. The molecule has 8 heteroatoms. The second-order valence-corrected chi connectivity index (χ2v) is 9.08. The molecule has 0 spiro atoms. The Kier molecular flexibility index (Phi) is 5.29. The molecule has 0 radical (unpaired) electrons. The maximum atomic E-state index is 13.3. The molecule has 3 heterocycles. The Bertz CT molecular complexity index is 1120. The fourth-order valence-electron chi connectivity index (χ4n) is 3.50. The van der Waals surface area contributed by atoms with Crippen LogP contribution in [0.5, 0.6) is 0 Å². The van der Waals surface area contributed by atoms with Crippen molar-refractivity contribution in [2.75, 3.05) is 11.9 Å². The smallest absolute Gasteiger partial charge is 0.243 e. The molecule has 1 unspecified atom stereocenters. The SMILES string of the molecule is Cc1ccc(S(=O)(=O)N2CCCC2c2cncc(Nc3ccccn3)n2)cc1C. The molecule has 4 rings (SSSR count). The lowest BCUT2D eigenvalue weighted by molar-refractivity contribution is 0.390. The predicted molar refractivity (Wildman–Crippen MR) is 111 cm³/mol. The molecule has 0 aliphatic carbocycles. The molecule has 1 aliphatic heterocycles. The molecule has 1 atom stereocenters. The Hall–Kier alpha value is -2.84. The lowest BCUT2D eigenvalue weighted by Crippen LogP contribution is -2.31. The van der Waals surface area contributed by atoms with Crippen molar-refractivity contribution in [3.8, 4) is 0 Å². The molecule has 29 heavy (non-hydrogen) atoms. The van der Waals surface area contributed by atoms with Crippen LogP contribution in [0.15, 0.2) is 59.9 Å². The van der Waals surface area contributed by atoms with E-state index in [1.54, 1.807) is 35.0 Å². The van der Waals surface area contributed by atoms with Gasteiger partial charge in [0.2, 0.25) is 10.0 Å². The number of anilines is 2. The number of sulfonamides is 1. The van der Waals surface area contributed by atoms with Crippen LogP contribution in [-0.2, 0) is 10.0 Å². The molecule has 1 saturated heterocycles. The van der Waals surface area contributed by atoms with E-state index >= 15 is 0 Å². The Morgan fingerprint density at radius 3 is 2.69 bits per heavy atom. The van der Waals surface area contributed by atoms with Crippen LogP contribution in [0.25, 0.3) is 0 Å². The van der Waals surface area contributed by atoms with Crippen LogP contribution >= 0.6 is 0 Å². The summed E-state index contributed by atoms with van der Waals surface area (Å²) in [5.41, 5.74) is 2.67. The van der Waals surface area contributed by atoms with Crippen molar-refractivity contribution in [1.82, 2.24) is 19.3 Å². The monoisotopic (exact) mass is 409 g/mol. The van der Waals surface area contributed by atoms with Gasteiger partial charge < -0.3 is 5.32 Å². The highest BCUT2D eigenvalue weighted by atomic mass is 32.2. The Morgan fingerprint density at radius 2 is 1.93 bits per heavy atom. The molecule has 1 aliphatic rings. The van der Waals surface area contributed by atoms with Gasteiger partial charge in [-0.3, -0.25) is 4.98 Å². The third-order valence-electron chi connectivity index (χ3n) is 5.20. The minimum absolute atomic E-state index is 0.322. The first-order valence-corrected chi connectivity index (χ1v) is 11.0. The van der Waals surface area contributed by atoms with Gasteiger partial charge in [0.25, 0.3) is 0 Å². The van der Waals surface area contributed by atoms with E-state index in [9.17, 15) is 8.42 Å². The second kappa shape index (κ2) is 7.88. The van der Waals surface area contributed by atoms with E-state index in [0.29, 0.717) is 35.2 Å². The van der Waals surface area contributed by atoms with Crippen molar-refractivity contribution >= 4 is 21.7 Å². The quantitative estimate of drug-likeness (QED) is 0.690. The molecule has 7 nitrogen and oxygen atoms in total. The number of hydrogen-bond donors (Lipinski definition) is 1. The summed E-state index contributed by atoms with van der Waals surface area (Å²) in [5, 5.41) is 3.11. The highest BCUT2D eigenvalue weighted by molar-refractivity contribution is 7.89. The minimum Gasteiger partial charge on any atom is -0.324 e. The minimum atomic E-state index is -3.61. The van der Waals surface area contributed by atoms with Crippen LogP contribution in [0.1, 0.15) is 35.7 Å². The van der Waals surface area contributed by atoms with Crippen molar-refractivity contribution in [2.24, 2.45) is 0 Å². The first-order chi connectivity index (χ1) is 13.9. The summed E-state index contributed by atoms with van der Waals surface area (Å²) in [6, 6.07) is 10.5. The van der Waals surface area contributed by atoms with E-state index in [2.05, 4.69) is 20.3 Å². The molecule has 150 valence electrons. The summed E-state index contributed by atoms with van der Waals surface area (Å²) in [6.07, 6.45) is 6.44. The van der Waals surface area contributed by atoms with Gasteiger partial charge in [0.1, 0.15) is 11.6 Å². The van der Waals surface area contributed by atoms with Crippen molar-refractivity contribution in [3.63, 3.8) is 0 Å². The molecule has 1 fully saturated rings. The third-order valence-corrected chi connectivity index (χ3v) is 7.11. The number of aryl methyl sites for hydroxylation is 2. The maximum absolute atomic E-state index is 13.3. The van der Waals surface area contributed by atoms with E-state index < -0.39 is 10.0 Å². The zero-order valence-corrected chi connectivity index (χ0v) is 17.2. The fourth-order valence-corrected chi connectivity index (χ4v) is 5.26. The van der Waals surface area contributed by atoms with Gasteiger partial charge in [0, 0.05) is 12.7 Å². The van der Waals surface area contributed by atoms with Gasteiger partial charge in [-0.05, 0) is 62.1 Å². The summed E-state index contributed by atoms with van der Waals surface area (Å²) in [4.78, 5) is 13.4. The van der Waals surface area contributed by atoms with Gasteiger partial charge in [-0.25, -0.2) is 18.4 Å². The largest absolute Gasteiger partial charge is 0.324 e. The normalized spacial score (nSPS) is 17.4. The third kappa shape index (κ3) is 3.99. The van der Waals surface area contributed by atoms with Gasteiger partial charge >= 0.3 is 0 Å². The summed E-state index contributed by atoms with van der Waals surface area (Å²) in [5.74, 6) is 1.20. The fraction of sp³-hybridized carbons (Fsp3) is 0.286. The topological polar surface area (TPSA) is 88.1 Å². The van der Waals surface area contributed by atoms with E-state index in [1.165, 1.54) is 0 Å². The Balaban J connectivity index is 1.63. The number of nitrogens with one attached hydrogen (secondary N) is 1. The summed E-state index contributed by atoms with van der Waals surface area (Å²) in [7, 11) is -3.61. The van der Waals surface area contributed by atoms with Gasteiger partial charge in [-0.15, -0.1) is 0 Å². The van der Waals surface area contributed by atoms with Crippen LogP contribution < -0.4 is 5.32 Å². The Morgan fingerprint density at radius 1 is 1.07 bits per heavy atom. The molecule has 1 N–H and O–H groups in total. The number of nitrogens with zero attached hydrogens (tertiary/aromatic N) is 4. The average molecular weight is 410 g/mol. The molecular formula is C21H23N5O2S. The maximum Gasteiger partial charge on any atom is 0.243 e. The van der Waals surface area contributed by atoms with Gasteiger partial charge in [0.15, 0.2) is 0 Å². The van der Waals surface area contributed by atoms with Gasteiger partial charge in [-0.1, -0.05) is 12.1 Å². The number of hydrogen-bond acceptors (Lipinski definition) is 6. The van der Waals surface area contributed by atoms with Crippen molar-refractivity contribution in [2.45, 2.75) is 37.6 Å². The zero-order valence-electron chi connectivity index (χ0n) is 16.4. The molecular weight excluding hydrogens is 386 g/mol. The first-order valence-electron chi connectivity index (χ1n) is 9.54. The van der Waals surface area contributed by atoms with Crippen LogP contribution in [0.3, 0.4) is 0 Å². The molecule has 0 saturated carbocycles. The highest BCUT2D eigenvalue weighted by Crippen LogP contribution is 2.36.